The van der Waals surface area contributed by atoms with E-state index in [1.807, 2.05) is 48.5 Å². The third kappa shape index (κ3) is 2.91. The Kier molecular flexibility index (Phi) is 5.30. The maximum Gasteiger partial charge on any atom is 0.310 e. The van der Waals surface area contributed by atoms with Crippen LogP contribution in [0.3, 0.4) is 0 Å². The van der Waals surface area contributed by atoms with Crippen LogP contribution in [-0.4, -0.2) is 33.2 Å². The molecule has 1 aliphatic rings. The Morgan fingerprint density at radius 2 is 1.56 bits per heavy atom. The number of para-hydroxylation sites is 1. The number of benzene rings is 2. The van der Waals surface area contributed by atoms with E-state index in [-0.39, 0.29) is 5.91 Å². The summed E-state index contributed by atoms with van der Waals surface area (Å²) in [6, 6.07) is 16.1. The van der Waals surface area contributed by atoms with Crippen LogP contribution in [0.1, 0.15) is 24.1 Å². The molecule has 0 bridgehead atoms. The summed E-state index contributed by atoms with van der Waals surface area (Å²) in [6.45, 7) is 1.75. The number of nitrogens with zero attached hydrogens (tertiary/aromatic N) is 1. The summed E-state index contributed by atoms with van der Waals surface area (Å²) < 4.78 is 16.0. The second kappa shape index (κ2) is 7.50. The predicted octanol–water partition coefficient (Wildman–Crippen LogP) is 3.03. The number of hydrogen-bond acceptors (Lipinski definition) is 5. The number of methoxy groups -OCH3 is 3. The molecule has 0 fully saturated rings. The molecule has 2 aromatic rings. The molecule has 0 N–H and O–H groups in total. The van der Waals surface area contributed by atoms with E-state index in [9.17, 15) is 9.59 Å². The van der Waals surface area contributed by atoms with Crippen molar-refractivity contribution in [1.29, 1.82) is 0 Å². The van der Waals surface area contributed by atoms with Gasteiger partial charge >= 0.3 is 5.97 Å². The monoisotopic (exact) mass is 369 g/mol. The number of ether oxygens (including phenoxy) is 3. The Morgan fingerprint density at radius 3 is 2.15 bits per heavy atom. The van der Waals surface area contributed by atoms with Gasteiger partial charge in [-0.1, -0.05) is 48.5 Å². The smallest absolute Gasteiger partial charge is 0.310 e. The number of esters is 1. The molecule has 0 aliphatic carbocycles. The summed E-state index contributed by atoms with van der Waals surface area (Å²) in [5, 5.41) is 0. The van der Waals surface area contributed by atoms with Gasteiger partial charge in [0.2, 0.25) is 0 Å². The first-order valence-corrected chi connectivity index (χ1v) is 8.68. The Labute approximate surface area is 158 Å². The minimum atomic E-state index is -1.54. The first-order chi connectivity index (χ1) is 13.0. The maximum absolute atomic E-state index is 13.5. The van der Waals surface area contributed by atoms with Crippen LogP contribution in [0, 0.1) is 5.92 Å². The number of rotatable bonds is 6. The van der Waals surface area contributed by atoms with Crippen molar-refractivity contribution in [3.8, 4) is 0 Å². The molecule has 142 valence electrons. The van der Waals surface area contributed by atoms with Gasteiger partial charge in [-0.05, 0) is 18.6 Å². The fourth-order valence-corrected chi connectivity index (χ4v) is 3.73. The van der Waals surface area contributed by atoms with Gasteiger partial charge in [-0.2, -0.15) is 0 Å². The average Bonchev–Trinajstić information content (AvgIpc) is 2.97. The van der Waals surface area contributed by atoms with E-state index in [2.05, 4.69) is 0 Å². The van der Waals surface area contributed by atoms with Crippen molar-refractivity contribution in [3.05, 3.63) is 65.7 Å². The van der Waals surface area contributed by atoms with E-state index in [0.717, 1.165) is 5.56 Å². The SMILES string of the molecule is COC(=O)C(C)[C@H](c1ccccc1)N1C(=O)C(OC)(OC)c2ccccc21. The molecule has 0 aromatic heterocycles. The lowest BCUT2D eigenvalue weighted by atomic mass is 9.92. The van der Waals surface area contributed by atoms with Crippen LogP contribution in [0.25, 0.3) is 0 Å². The van der Waals surface area contributed by atoms with E-state index in [1.165, 1.54) is 21.3 Å². The summed E-state index contributed by atoms with van der Waals surface area (Å²) in [6.07, 6.45) is 0. The normalized spacial score (nSPS) is 17.3. The highest BCUT2D eigenvalue weighted by atomic mass is 16.7. The van der Waals surface area contributed by atoms with E-state index >= 15 is 0 Å². The Balaban J connectivity index is 2.21. The lowest BCUT2D eigenvalue weighted by Crippen LogP contribution is -2.46. The van der Waals surface area contributed by atoms with Crippen molar-refractivity contribution in [2.75, 3.05) is 26.2 Å². The molecule has 0 saturated carbocycles. The van der Waals surface area contributed by atoms with Crippen LogP contribution in [0.5, 0.6) is 0 Å². The van der Waals surface area contributed by atoms with E-state index in [0.29, 0.717) is 11.3 Å². The average molecular weight is 369 g/mol. The van der Waals surface area contributed by atoms with Gasteiger partial charge in [-0.25, -0.2) is 0 Å². The molecule has 0 radical (unpaired) electrons. The summed E-state index contributed by atoms with van der Waals surface area (Å²) in [7, 11) is 4.21. The van der Waals surface area contributed by atoms with Gasteiger partial charge in [0.1, 0.15) is 0 Å². The highest BCUT2D eigenvalue weighted by Gasteiger charge is 2.55. The number of carbonyl (C=O) groups excluding carboxylic acids is 2. The molecule has 2 aromatic carbocycles. The number of carbonyl (C=O) groups is 2. The first kappa shape index (κ1) is 19.1. The van der Waals surface area contributed by atoms with Gasteiger partial charge in [-0.3, -0.25) is 14.5 Å². The topological polar surface area (TPSA) is 65.1 Å². The van der Waals surface area contributed by atoms with Crippen LogP contribution in [0.15, 0.2) is 54.6 Å². The fraction of sp³-hybridized carbons (Fsp3) is 0.333. The van der Waals surface area contributed by atoms with Gasteiger partial charge < -0.3 is 14.2 Å². The Bertz CT molecular complexity index is 831. The van der Waals surface area contributed by atoms with Crippen molar-refractivity contribution in [1.82, 2.24) is 0 Å². The second-order valence-electron chi connectivity index (χ2n) is 6.38. The zero-order valence-corrected chi connectivity index (χ0v) is 15.8. The van der Waals surface area contributed by atoms with Crippen molar-refractivity contribution in [2.24, 2.45) is 5.92 Å². The van der Waals surface area contributed by atoms with Crippen LogP contribution < -0.4 is 4.90 Å². The van der Waals surface area contributed by atoms with Crippen LogP contribution in [-0.2, 0) is 29.6 Å². The van der Waals surface area contributed by atoms with Crippen LogP contribution >= 0.6 is 0 Å². The summed E-state index contributed by atoms with van der Waals surface area (Å²) in [5.41, 5.74) is 2.08. The van der Waals surface area contributed by atoms with Crippen molar-refractivity contribution >= 4 is 17.6 Å². The van der Waals surface area contributed by atoms with Gasteiger partial charge in [-0.15, -0.1) is 0 Å². The van der Waals surface area contributed by atoms with E-state index < -0.39 is 23.7 Å². The molecular weight excluding hydrogens is 346 g/mol. The first-order valence-electron chi connectivity index (χ1n) is 8.68. The summed E-state index contributed by atoms with van der Waals surface area (Å²) >= 11 is 0. The quantitative estimate of drug-likeness (QED) is 0.578. The number of amides is 1. The van der Waals surface area contributed by atoms with Gasteiger partial charge in [0.15, 0.2) is 0 Å². The fourth-order valence-electron chi connectivity index (χ4n) is 3.73. The molecule has 1 aliphatic heterocycles. The zero-order valence-electron chi connectivity index (χ0n) is 15.8. The van der Waals surface area contributed by atoms with Gasteiger partial charge in [0.25, 0.3) is 11.7 Å². The summed E-state index contributed by atoms with van der Waals surface area (Å²) in [4.78, 5) is 27.5. The van der Waals surface area contributed by atoms with Crippen molar-refractivity contribution in [2.45, 2.75) is 18.8 Å². The molecule has 6 heteroatoms. The molecule has 6 nitrogen and oxygen atoms in total. The third-order valence-corrected chi connectivity index (χ3v) is 5.06. The van der Waals surface area contributed by atoms with Gasteiger partial charge in [0, 0.05) is 19.8 Å². The van der Waals surface area contributed by atoms with Crippen molar-refractivity contribution < 1.29 is 23.8 Å². The molecule has 3 rings (SSSR count). The molecule has 2 atom stereocenters. The largest absolute Gasteiger partial charge is 0.469 e. The molecule has 1 unspecified atom stereocenters. The maximum atomic E-state index is 13.5. The molecular formula is C21H23NO5. The minimum absolute atomic E-state index is 0.377. The standard InChI is InChI=1S/C21H23NO5/c1-14(19(23)25-2)18(15-10-6-5-7-11-15)22-17-13-9-8-12-16(17)21(26-3,27-4)20(22)24/h5-14,18H,1-4H3/t14?,18-/m1/s1. The Morgan fingerprint density at radius 1 is 0.963 bits per heavy atom. The van der Waals surface area contributed by atoms with E-state index in [1.54, 1.807) is 17.9 Å². The second-order valence-corrected chi connectivity index (χ2v) is 6.38. The molecule has 27 heavy (non-hydrogen) atoms. The zero-order chi connectivity index (χ0) is 19.6. The highest BCUT2D eigenvalue weighted by Crippen LogP contribution is 2.48. The number of hydrogen-bond donors (Lipinski definition) is 0. The minimum Gasteiger partial charge on any atom is -0.469 e. The lowest BCUT2D eigenvalue weighted by Gasteiger charge is -2.33. The molecule has 0 spiro atoms. The third-order valence-electron chi connectivity index (χ3n) is 5.06. The van der Waals surface area contributed by atoms with Crippen LogP contribution in [0.4, 0.5) is 5.69 Å². The van der Waals surface area contributed by atoms with Crippen LogP contribution in [0.2, 0.25) is 0 Å². The molecule has 0 saturated heterocycles. The van der Waals surface area contributed by atoms with Gasteiger partial charge in [0.05, 0.1) is 24.8 Å². The number of fused-ring (bicyclic) bond motifs is 1. The summed E-state index contributed by atoms with van der Waals surface area (Å²) in [5.74, 6) is -2.92. The Hall–Kier alpha value is -2.70. The van der Waals surface area contributed by atoms with Crippen molar-refractivity contribution in [3.63, 3.8) is 0 Å². The van der Waals surface area contributed by atoms with E-state index in [4.69, 9.17) is 14.2 Å². The predicted molar refractivity (Wildman–Crippen MR) is 100.0 cm³/mol. The number of anilines is 1. The lowest BCUT2D eigenvalue weighted by molar-refractivity contribution is -0.209. The molecule has 1 amide bonds. The highest BCUT2D eigenvalue weighted by molar-refractivity contribution is 6.07. The molecule has 1 heterocycles.